The van der Waals surface area contributed by atoms with E-state index in [1.54, 1.807) is 12.1 Å². The molecule has 0 saturated heterocycles. The summed E-state index contributed by atoms with van der Waals surface area (Å²) < 4.78 is 11.9. The normalized spacial score (nSPS) is 11.6. The van der Waals surface area contributed by atoms with Crippen molar-refractivity contribution in [3.05, 3.63) is 34.3 Å². The molecule has 0 aliphatic rings. The molecule has 1 aromatic rings. The van der Waals surface area contributed by atoms with Gasteiger partial charge in [-0.2, -0.15) is 0 Å². The third-order valence-electron chi connectivity index (χ3n) is 2.89. The molecule has 1 aromatic carbocycles. The molecule has 0 radical (unpaired) electrons. The highest BCUT2D eigenvalue weighted by atomic mass is 35.5. The topological polar surface area (TPSA) is 70.2 Å². The average molecular weight is 316 g/mol. The van der Waals surface area contributed by atoms with E-state index in [1.165, 1.54) is 6.92 Å². The van der Waals surface area contributed by atoms with Crippen LogP contribution in [0.4, 0.5) is 9.18 Å². The van der Waals surface area contributed by atoms with Gasteiger partial charge in [0.05, 0.1) is 0 Å². The first kappa shape index (κ1) is 17.2. The van der Waals surface area contributed by atoms with Crippen LogP contribution < -0.4 is 16.0 Å². The number of benzene rings is 1. The first-order chi connectivity index (χ1) is 9.93. The van der Waals surface area contributed by atoms with Gasteiger partial charge in [0.1, 0.15) is 12.7 Å². The number of carbonyl (C=O) groups is 2. The maximum atomic E-state index is 11.9. The van der Waals surface area contributed by atoms with Crippen LogP contribution in [0.5, 0.6) is 0 Å². The minimum absolute atomic E-state index is 0.0613. The Morgan fingerprint density at radius 3 is 2.71 bits per heavy atom. The van der Waals surface area contributed by atoms with Gasteiger partial charge >= 0.3 is 6.03 Å². The fourth-order valence-electron chi connectivity index (χ4n) is 1.64. The van der Waals surface area contributed by atoms with Gasteiger partial charge in [0.25, 0.3) is 0 Å². The van der Waals surface area contributed by atoms with E-state index in [0.717, 1.165) is 11.1 Å². The molecule has 1 atom stereocenters. The molecule has 0 spiro atoms. The zero-order chi connectivity index (χ0) is 15.8. The molecule has 3 amide bonds. The summed E-state index contributed by atoms with van der Waals surface area (Å²) >= 11 is 5.89. The van der Waals surface area contributed by atoms with E-state index in [2.05, 4.69) is 16.0 Å². The van der Waals surface area contributed by atoms with Crippen LogP contribution >= 0.6 is 11.6 Å². The molecule has 0 bridgehead atoms. The third-order valence-corrected chi connectivity index (χ3v) is 3.12. The molecule has 116 valence electrons. The second-order valence-corrected chi connectivity index (χ2v) is 5.04. The molecule has 0 fully saturated rings. The van der Waals surface area contributed by atoms with Gasteiger partial charge < -0.3 is 16.0 Å². The van der Waals surface area contributed by atoms with Crippen LogP contribution in [0.15, 0.2) is 18.2 Å². The van der Waals surface area contributed by atoms with Gasteiger partial charge in [0.2, 0.25) is 5.91 Å². The number of halogens is 2. The highest BCUT2D eigenvalue weighted by molar-refractivity contribution is 6.30. The Bertz CT molecular complexity index is 511. The zero-order valence-corrected chi connectivity index (χ0v) is 12.8. The van der Waals surface area contributed by atoms with E-state index >= 15 is 0 Å². The Balaban J connectivity index is 2.43. The highest BCUT2D eigenvalue weighted by Gasteiger charge is 2.14. The van der Waals surface area contributed by atoms with Crippen LogP contribution in [-0.2, 0) is 11.3 Å². The monoisotopic (exact) mass is 315 g/mol. The lowest BCUT2D eigenvalue weighted by Gasteiger charge is -2.15. The van der Waals surface area contributed by atoms with Crippen molar-refractivity contribution in [1.82, 2.24) is 16.0 Å². The average Bonchev–Trinajstić information content (AvgIpc) is 2.45. The van der Waals surface area contributed by atoms with Crippen LogP contribution in [0.2, 0.25) is 5.02 Å². The van der Waals surface area contributed by atoms with Crippen LogP contribution in [0, 0.1) is 6.92 Å². The fraction of sp³-hybridized carbons (Fsp3) is 0.429. The maximum absolute atomic E-state index is 11.9. The number of alkyl halides is 1. The lowest BCUT2D eigenvalue weighted by atomic mass is 10.1. The molecule has 21 heavy (non-hydrogen) atoms. The van der Waals surface area contributed by atoms with E-state index in [9.17, 15) is 14.0 Å². The van der Waals surface area contributed by atoms with Gasteiger partial charge in [0.15, 0.2) is 0 Å². The van der Waals surface area contributed by atoms with Crippen LogP contribution in [0.1, 0.15) is 18.1 Å². The van der Waals surface area contributed by atoms with Gasteiger partial charge in [0, 0.05) is 18.1 Å². The van der Waals surface area contributed by atoms with Crippen molar-refractivity contribution in [2.45, 2.75) is 26.4 Å². The Morgan fingerprint density at radius 2 is 2.05 bits per heavy atom. The number of rotatable bonds is 6. The zero-order valence-electron chi connectivity index (χ0n) is 12.0. The first-order valence-electron chi connectivity index (χ1n) is 6.57. The maximum Gasteiger partial charge on any atom is 0.315 e. The van der Waals surface area contributed by atoms with Crippen molar-refractivity contribution in [3.8, 4) is 0 Å². The summed E-state index contributed by atoms with van der Waals surface area (Å²) in [6.07, 6.45) is 0. The molecule has 7 heteroatoms. The quantitative estimate of drug-likeness (QED) is 0.750. The molecule has 0 aliphatic heterocycles. The number of urea groups is 1. The number of hydrogen-bond acceptors (Lipinski definition) is 2. The fourth-order valence-corrected chi connectivity index (χ4v) is 1.84. The minimum Gasteiger partial charge on any atom is -0.352 e. The van der Waals surface area contributed by atoms with Gasteiger partial charge in [-0.25, -0.2) is 9.18 Å². The van der Waals surface area contributed by atoms with Gasteiger partial charge in [-0.05, 0) is 37.1 Å². The lowest BCUT2D eigenvalue weighted by molar-refractivity contribution is -0.122. The van der Waals surface area contributed by atoms with Crippen molar-refractivity contribution < 1.29 is 14.0 Å². The second-order valence-electron chi connectivity index (χ2n) is 4.60. The summed E-state index contributed by atoms with van der Waals surface area (Å²) in [5.41, 5.74) is 1.90. The van der Waals surface area contributed by atoms with Crippen molar-refractivity contribution in [2.75, 3.05) is 13.2 Å². The molecule has 0 saturated carbocycles. The molecular weight excluding hydrogens is 297 g/mol. The molecule has 3 N–H and O–H groups in total. The Morgan fingerprint density at radius 1 is 1.33 bits per heavy atom. The summed E-state index contributed by atoms with van der Waals surface area (Å²) in [5, 5.41) is 8.07. The van der Waals surface area contributed by atoms with Gasteiger partial charge in [-0.3, -0.25) is 4.79 Å². The molecule has 1 unspecified atom stereocenters. The number of nitrogens with one attached hydrogen (secondary N) is 3. The number of hydrogen-bond donors (Lipinski definition) is 3. The largest absolute Gasteiger partial charge is 0.352 e. The molecule has 0 aromatic heterocycles. The molecule has 5 nitrogen and oxygen atoms in total. The summed E-state index contributed by atoms with van der Waals surface area (Å²) in [5.74, 6) is -0.429. The summed E-state index contributed by atoms with van der Waals surface area (Å²) in [6.45, 7) is 3.04. The van der Waals surface area contributed by atoms with Crippen molar-refractivity contribution in [2.24, 2.45) is 0 Å². The first-order valence-corrected chi connectivity index (χ1v) is 6.95. The van der Waals surface area contributed by atoms with Crippen molar-refractivity contribution in [3.63, 3.8) is 0 Å². The second kappa shape index (κ2) is 8.46. The number of aryl methyl sites for hydroxylation is 1. The van der Waals surface area contributed by atoms with E-state index < -0.39 is 24.7 Å². The molecule has 0 aliphatic carbocycles. The summed E-state index contributed by atoms with van der Waals surface area (Å²) in [7, 11) is 0. The Kier molecular flexibility index (Phi) is 6.94. The van der Waals surface area contributed by atoms with Crippen molar-refractivity contribution in [1.29, 1.82) is 0 Å². The van der Waals surface area contributed by atoms with E-state index in [-0.39, 0.29) is 6.54 Å². The van der Waals surface area contributed by atoms with Crippen LogP contribution in [0.3, 0.4) is 0 Å². The molecular formula is C14H19ClFN3O2. The highest BCUT2D eigenvalue weighted by Crippen LogP contribution is 2.14. The van der Waals surface area contributed by atoms with Gasteiger partial charge in [-0.1, -0.05) is 17.7 Å². The van der Waals surface area contributed by atoms with Crippen LogP contribution in [-0.4, -0.2) is 31.2 Å². The Hall–Kier alpha value is -1.82. The van der Waals surface area contributed by atoms with E-state index in [1.807, 2.05) is 13.0 Å². The SMILES string of the molecule is Cc1ccc(Cl)cc1CNC(=O)NC(C)C(=O)NCCF. The predicted octanol–water partition coefficient (Wildman–Crippen LogP) is 1.92. The van der Waals surface area contributed by atoms with E-state index in [0.29, 0.717) is 11.6 Å². The number of carbonyl (C=O) groups excluding carboxylic acids is 2. The summed E-state index contributed by atoms with van der Waals surface area (Å²) in [4.78, 5) is 23.2. The molecule has 0 heterocycles. The number of amides is 3. The summed E-state index contributed by atoms with van der Waals surface area (Å²) in [6, 6.07) is 4.20. The van der Waals surface area contributed by atoms with Crippen LogP contribution in [0.25, 0.3) is 0 Å². The Labute approximate surface area is 128 Å². The van der Waals surface area contributed by atoms with Gasteiger partial charge in [-0.15, -0.1) is 0 Å². The predicted molar refractivity (Wildman–Crippen MR) is 80.0 cm³/mol. The standard InChI is InChI=1S/C14H19ClFN3O2/c1-9-3-4-12(15)7-11(9)8-18-14(21)19-10(2)13(20)17-6-5-16/h3-4,7,10H,5-6,8H2,1-2H3,(H,17,20)(H2,18,19,21). The van der Waals surface area contributed by atoms with E-state index in [4.69, 9.17) is 11.6 Å². The minimum atomic E-state index is -0.739. The lowest BCUT2D eigenvalue weighted by Crippen LogP contribution is -2.48. The van der Waals surface area contributed by atoms with Crippen molar-refractivity contribution >= 4 is 23.5 Å². The molecule has 1 rings (SSSR count). The third kappa shape index (κ3) is 5.99. The smallest absolute Gasteiger partial charge is 0.315 e.